The van der Waals surface area contributed by atoms with Gasteiger partial charge in [0.05, 0.1) is 57.5 Å². The fourth-order valence-corrected chi connectivity index (χ4v) is 11.5. The normalized spacial score (nSPS) is 26.5. The predicted octanol–water partition coefficient (Wildman–Crippen LogP) is 8.86. The largest absolute Gasteiger partial charge is 0.274 e. The summed E-state index contributed by atoms with van der Waals surface area (Å²) in [6.07, 6.45) is 10.2. The number of carbonyl (C=O) groups excluding carboxylic acids is 4. The maximum Gasteiger partial charge on any atom is 0.238 e. The summed E-state index contributed by atoms with van der Waals surface area (Å²) in [6.45, 7) is 0. The van der Waals surface area contributed by atoms with Gasteiger partial charge in [0, 0.05) is 33.0 Å². The summed E-state index contributed by atoms with van der Waals surface area (Å²) < 4.78 is 0. The average Bonchev–Trinajstić information content (AvgIpc) is 4.19. The molecule has 7 aromatic rings. The predicted molar refractivity (Wildman–Crippen MR) is 235 cm³/mol. The highest BCUT2D eigenvalue weighted by molar-refractivity contribution is 6.24. The second-order valence-corrected chi connectivity index (χ2v) is 17.5. The molecule has 298 valence electrons. The maximum absolute atomic E-state index is 13.7. The molecule has 4 amide bonds. The van der Waals surface area contributed by atoms with Crippen LogP contribution in [0.25, 0.3) is 67.1 Å². The van der Waals surface area contributed by atoms with E-state index in [0.717, 1.165) is 45.9 Å². The first-order valence-electron chi connectivity index (χ1n) is 21.4. The second kappa shape index (κ2) is 13.0. The lowest BCUT2D eigenvalue weighted by atomic mass is 9.85. The van der Waals surface area contributed by atoms with Crippen molar-refractivity contribution in [2.24, 2.45) is 47.3 Å². The maximum atomic E-state index is 13.7. The molecule has 10 heteroatoms. The first-order chi connectivity index (χ1) is 30.4. The molecule has 0 spiro atoms. The Labute approximate surface area is 355 Å². The molecular formula is C52H36N6O4. The highest BCUT2D eigenvalue weighted by Crippen LogP contribution is 2.55. The van der Waals surface area contributed by atoms with Crippen LogP contribution >= 0.6 is 0 Å². The van der Waals surface area contributed by atoms with Gasteiger partial charge in [-0.2, -0.15) is 0 Å². The van der Waals surface area contributed by atoms with Crippen LogP contribution in [0.4, 0.5) is 11.4 Å². The summed E-state index contributed by atoms with van der Waals surface area (Å²) in [5, 5.41) is 1.50. The van der Waals surface area contributed by atoms with Crippen molar-refractivity contribution in [3.05, 3.63) is 146 Å². The lowest BCUT2D eigenvalue weighted by Crippen LogP contribution is -2.32. The van der Waals surface area contributed by atoms with Gasteiger partial charge in [-0.1, -0.05) is 109 Å². The van der Waals surface area contributed by atoms with Gasteiger partial charge in [0.2, 0.25) is 23.6 Å². The Bertz CT molecular complexity index is 2910. The molecule has 0 unspecified atom stereocenters. The summed E-state index contributed by atoms with van der Waals surface area (Å²) in [7, 11) is 0. The minimum absolute atomic E-state index is 0.118. The van der Waals surface area contributed by atoms with Crippen LogP contribution in [0.2, 0.25) is 0 Å². The van der Waals surface area contributed by atoms with Crippen molar-refractivity contribution >= 4 is 56.8 Å². The topological polar surface area (TPSA) is 126 Å². The van der Waals surface area contributed by atoms with E-state index in [1.165, 1.54) is 9.80 Å². The lowest BCUT2D eigenvalue weighted by molar-refractivity contribution is -0.124. The van der Waals surface area contributed by atoms with Crippen molar-refractivity contribution in [3.63, 3.8) is 0 Å². The number of rotatable bonds is 6. The number of fused-ring (bicyclic) bond motifs is 12. The summed E-state index contributed by atoms with van der Waals surface area (Å²) in [6, 6.07) is 38.8. The number of imide groups is 2. The van der Waals surface area contributed by atoms with Gasteiger partial charge in [-0.3, -0.25) is 19.2 Å². The minimum atomic E-state index is -0.284. The Morgan fingerprint density at radius 1 is 0.387 bits per heavy atom. The van der Waals surface area contributed by atoms with Gasteiger partial charge in [-0.25, -0.2) is 29.7 Å². The minimum Gasteiger partial charge on any atom is -0.274 e. The van der Waals surface area contributed by atoms with Crippen LogP contribution in [0.3, 0.4) is 0 Å². The van der Waals surface area contributed by atoms with Crippen LogP contribution in [0.5, 0.6) is 0 Å². The van der Waals surface area contributed by atoms with Crippen LogP contribution < -0.4 is 9.80 Å². The molecule has 2 saturated carbocycles. The van der Waals surface area contributed by atoms with E-state index in [9.17, 15) is 19.2 Å². The van der Waals surface area contributed by atoms with E-state index in [-0.39, 0.29) is 71.0 Å². The fraction of sp³-hybridized carbons (Fsp3) is 0.192. The van der Waals surface area contributed by atoms with E-state index in [2.05, 4.69) is 24.3 Å². The summed E-state index contributed by atoms with van der Waals surface area (Å²) in [5.41, 5.74) is 7.24. The van der Waals surface area contributed by atoms with E-state index < -0.39 is 0 Å². The number of hydrogen-bond acceptors (Lipinski definition) is 8. The number of carbonyl (C=O) groups is 4. The smallest absolute Gasteiger partial charge is 0.238 e. The van der Waals surface area contributed by atoms with Crippen LogP contribution in [-0.4, -0.2) is 43.6 Å². The van der Waals surface area contributed by atoms with Gasteiger partial charge in [0.25, 0.3) is 0 Å². The average molecular weight is 809 g/mol. The first kappa shape index (κ1) is 35.3. The number of amides is 4. The molecule has 6 aliphatic rings. The van der Waals surface area contributed by atoms with E-state index in [4.69, 9.17) is 19.9 Å². The molecule has 62 heavy (non-hydrogen) atoms. The Morgan fingerprint density at radius 3 is 1.10 bits per heavy atom. The van der Waals surface area contributed by atoms with Crippen LogP contribution in [-0.2, 0) is 19.2 Å². The van der Waals surface area contributed by atoms with Crippen molar-refractivity contribution in [2.75, 3.05) is 9.80 Å². The van der Waals surface area contributed by atoms with Crippen molar-refractivity contribution < 1.29 is 19.2 Å². The molecule has 4 bridgehead atoms. The number of anilines is 2. The van der Waals surface area contributed by atoms with Crippen molar-refractivity contribution in [2.45, 2.75) is 12.8 Å². The summed E-state index contributed by atoms with van der Waals surface area (Å²) in [5.74, 6) is -0.0423. The fourth-order valence-electron chi connectivity index (χ4n) is 11.5. The van der Waals surface area contributed by atoms with Gasteiger partial charge in [-0.05, 0) is 72.9 Å². The molecule has 4 aliphatic carbocycles. The van der Waals surface area contributed by atoms with E-state index >= 15 is 0 Å². The zero-order chi connectivity index (χ0) is 41.4. The van der Waals surface area contributed by atoms with Crippen LogP contribution in [0.1, 0.15) is 12.8 Å². The highest BCUT2D eigenvalue weighted by Gasteiger charge is 2.60. The summed E-state index contributed by atoms with van der Waals surface area (Å²) >= 11 is 0. The second-order valence-electron chi connectivity index (χ2n) is 17.5. The van der Waals surface area contributed by atoms with Crippen LogP contribution in [0, 0.1) is 47.3 Å². The monoisotopic (exact) mass is 808 g/mol. The van der Waals surface area contributed by atoms with Crippen LogP contribution in [0.15, 0.2) is 146 Å². The van der Waals surface area contributed by atoms with Gasteiger partial charge < -0.3 is 0 Å². The summed E-state index contributed by atoms with van der Waals surface area (Å²) in [4.78, 5) is 78.0. The molecule has 2 saturated heterocycles. The Hall–Kier alpha value is -7.46. The number of allylic oxidation sites excluding steroid dienone is 4. The number of nitrogens with zero attached hydrogens (tertiary/aromatic N) is 6. The Balaban J connectivity index is 0.861. The first-order valence-corrected chi connectivity index (χ1v) is 21.4. The van der Waals surface area contributed by atoms with Gasteiger partial charge in [0.15, 0.2) is 11.6 Å². The third-order valence-electron chi connectivity index (χ3n) is 14.3. The molecule has 0 N–H and O–H groups in total. The molecule has 4 fully saturated rings. The van der Waals surface area contributed by atoms with Crippen molar-refractivity contribution in [1.82, 2.24) is 19.9 Å². The Kier molecular flexibility index (Phi) is 7.42. The van der Waals surface area contributed by atoms with Gasteiger partial charge in [-0.15, -0.1) is 0 Å². The molecular weight excluding hydrogens is 773 g/mol. The van der Waals surface area contributed by atoms with E-state index in [1.807, 2.05) is 121 Å². The molecule has 2 aromatic heterocycles. The third kappa shape index (κ3) is 5.03. The lowest BCUT2D eigenvalue weighted by Gasteiger charge is -2.19. The van der Waals surface area contributed by atoms with Gasteiger partial charge >= 0.3 is 0 Å². The quantitative estimate of drug-likeness (QED) is 0.121. The number of hydrogen-bond donors (Lipinski definition) is 0. The molecule has 4 heterocycles. The number of aromatic nitrogens is 4. The molecule has 13 rings (SSSR count). The number of benzene rings is 5. The molecule has 0 radical (unpaired) electrons. The molecule has 8 atom stereocenters. The van der Waals surface area contributed by atoms with Crippen molar-refractivity contribution in [3.8, 4) is 45.3 Å². The molecule has 10 nitrogen and oxygen atoms in total. The van der Waals surface area contributed by atoms with E-state index in [1.54, 1.807) is 0 Å². The zero-order valence-electron chi connectivity index (χ0n) is 33.2. The molecule has 5 aromatic carbocycles. The highest BCUT2D eigenvalue weighted by atomic mass is 16.2. The van der Waals surface area contributed by atoms with E-state index in [0.29, 0.717) is 45.4 Å². The van der Waals surface area contributed by atoms with Gasteiger partial charge in [0.1, 0.15) is 0 Å². The molecule has 2 aliphatic heterocycles. The SMILES string of the molecule is O=C1[C@@H]2[C@H](C(=O)N1c1ccc3nc(-c4ccc(-c5nc(-c6ccccc6)c6cc(N7C(=O)[C@@H]8[C@H](C7=O)[C@H]7C=C[C@H]8C7)ccc6n5)cc4)nc(-c4ccccc4)c3c1)[C@H]1C=C[C@H]2C1. The Morgan fingerprint density at radius 2 is 0.742 bits per heavy atom. The zero-order valence-corrected chi connectivity index (χ0v) is 33.2. The van der Waals surface area contributed by atoms with Crippen molar-refractivity contribution in [1.29, 1.82) is 0 Å². The third-order valence-corrected chi connectivity index (χ3v) is 14.3. The standard InChI is InChI=1S/C52H36N6O4/c59-49-41-31-15-16-32(23-31)42(41)50(60)57(49)35-19-21-39-37(25-35)45(27-7-3-1-4-8-27)55-47(53-39)29-11-13-30(14-12-29)48-54-40-22-20-36(26-38(40)46(56-48)28-9-5-2-6-10-28)58-51(61)43-33-17-18-34(24-33)44(43)52(58)62/h1-22,25-26,31-34,41-44H,23-24H2/t31-,32-,33-,34-,41-,42+,43-,44+/m0/s1.